The van der Waals surface area contributed by atoms with Crippen LogP contribution in [0.5, 0.6) is 0 Å². The Morgan fingerprint density at radius 2 is 1.96 bits per heavy atom. The lowest BCUT2D eigenvalue weighted by atomic mass is 10.1. The summed E-state index contributed by atoms with van der Waals surface area (Å²) in [5.74, 6) is -1.87. The van der Waals surface area contributed by atoms with Gasteiger partial charge in [0, 0.05) is 10.6 Å². The molecule has 0 aliphatic heterocycles. The van der Waals surface area contributed by atoms with Crippen LogP contribution in [0.3, 0.4) is 0 Å². The summed E-state index contributed by atoms with van der Waals surface area (Å²) < 4.78 is 0. The van der Waals surface area contributed by atoms with Gasteiger partial charge in [-0.3, -0.25) is 4.79 Å². The zero-order valence-electron chi connectivity index (χ0n) is 12.5. The molecule has 0 fully saturated rings. The standard InChI is InChI=1S/C15H15ClN2O4S/c1-8-11(12(19)17-7-15(2,22)14(20)21)23-13(18-8)9-3-5-10(16)6-4-9/h3-6,22H,7H2,1-2H3,(H,17,19)(H,20,21). The molecule has 0 aliphatic carbocycles. The highest BCUT2D eigenvalue weighted by Crippen LogP contribution is 2.28. The first kappa shape index (κ1) is 17.4. The van der Waals surface area contributed by atoms with Crippen LogP contribution in [-0.4, -0.2) is 39.2 Å². The second kappa shape index (κ2) is 6.66. The number of thiazole rings is 1. The SMILES string of the molecule is Cc1nc(-c2ccc(Cl)cc2)sc1C(=O)NCC(C)(O)C(=O)O. The van der Waals surface area contributed by atoms with E-state index in [-0.39, 0.29) is 0 Å². The van der Waals surface area contributed by atoms with Gasteiger partial charge in [0.2, 0.25) is 0 Å². The lowest BCUT2D eigenvalue weighted by molar-refractivity contribution is -0.155. The van der Waals surface area contributed by atoms with Gasteiger partial charge in [0.05, 0.1) is 12.2 Å². The number of hydrogen-bond donors (Lipinski definition) is 3. The van der Waals surface area contributed by atoms with E-state index in [1.807, 2.05) is 0 Å². The lowest BCUT2D eigenvalue weighted by Crippen LogP contribution is -2.46. The van der Waals surface area contributed by atoms with Crippen LogP contribution in [0.15, 0.2) is 24.3 Å². The van der Waals surface area contributed by atoms with Gasteiger partial charge in [0.15, 0.2) is 5.60 Å². The summed E-state index contributed by atoms with van der Waals surface area (Å²) in [6.45, 7) is 2.42. The van der Waals surface area contributed by atoms with Gasteiger partial charge < -0.3 is 15.5 Å². The summed E-state index contributed by atoms with van der Waals surface area (Å²) in [7, 11) is 0. The molecule has 1 heterocycles. The Balaban J connectivity index is 2.16. The van der Waals surface area contributed by atoms with Gasteiger partial charge in [-0.25, -0.2) is 9.78 Å². The van der Waals surface area contributed by atoms with Crippen molar-refractivity contribution in [1.82, 2.24) is 10.3 Å². The van der Waals surface area contributed by atoms with Crippen molar-refractivity contribution in [3.8, 4) is 10.6 Å². The largest absolute Gasteiger partial charge is 0.479 e. The smallest absolute Gasteiger partial charge is 0.337 e. The first-order chi connectivity index (χ1) is 10.7. The summed E-state index contributed by atoms with van der Waals surface area (Å²) in [5.41, 5.74) is -0.653. The van der Waals surface area contributed by atoms with E-state index in [1.54, 1.807) is 31.2 Å². The molecule has 1 atom stereocenters. The summed E-state index contributed by atoms with van der Waals surface area (Å²) in [6, 6.07) is 7.07. The van der Waals surface area contributed by atoms with Crippen molar-refractivity contribution < 1.29 is 19.8 Å². The number of halogens is 1. The van der Waals surface area contributed by atoms with Crippen molar-refractivity contribution in [2.24, 2.45) is 0 Å². The van der Waals surface area contributed by atoms with Gasteiger partial charge in [-0.05, 0) is 26.0 Å². The maximum atomic E-state index is 12.2. The normalized spacial score (nSPS) is 13.4. The molecule has 1 aromatic heterocycles. The molecule has 2 aromatic rings. The molecule has 0 radical (unpaired) electrons. The molecule has 0 saturated heterocycles. The number of aromatic nitrogens is 1. The Hall–Kier alpha value is -1.96. The van der Waals surface area contributed by atoms with Gasteiger partial charge in [-0.1, -0.05) is 23.7 Å². The molecule has 0 spiro atoms. The number of aliphatic hydroxyl groups is 1. The molecule has 23 heavy (non-hydrogen) atoms. The minimum atomic E-state index is -2.02. The number of carbonyl (C=O) groups excluding carboxylic acids is 1. The third kappa shape index (κ3) is 4.07. The second-order valence-electron chi connectivity index (χ2n) is 5.20. The number of aryl methyl sites for hydroxylation is 1. The number of hydrogen-bond acceptors (Lipinski definition) is 5. The average Bonchev–Trinajstić information content (AvgIpc) is 2.87. The molecule has 1 amide bonds. The first-order valence-corrected chi connectivity index (χ1v) is 7.87. The van der Waals surface area contributed by atoms with E-state index in [9.17, 15) is 14.7 Å². The van der Waals surface area contributed by atoms with Crippen LogP contribution in [-0.2, 0) is 4.79 Å². The van der Waals surface area contributed by atoms with E-state index in [1.165, 1.54) is 11.3 Å². The van der Waals surface area contributed by atoms with Crippen LogP contribution in [0.25, 0.3) is 10.6 Å². The van der Waals surface area contributed by atoms with Crippen molar-refractivity contribution in [1.29, 1.82) is 0 Å². The number of aliphatic carboxylic acids is 1. The zero-order valence-corrected chi connectivity index (χ0v) is 14.0. The Morgan fingerprint density at radius 3 is 2.52 bits per heavy atom. The number of amides is 1. The predicted molar refractivity (Wildman–Crippen MR) is 87.9 cm³/mol. The van der Waals surface area contributed by atoms with Crippen LogP contribution < -0.4 is 5.32 Å². The van der Waals surface area contributed by atoms with E-state index < -0.39 is 24.0 Å². The number of nitrogens with one attached hydrogen (secondary N) is 1. The van der Waals surface area contributed by atoms with Crippen LogP contribution in [0.1, 0.15) is 22.3 Å². The molecule has 1 unspecified atom stereocenters. The molecule has 0 bridgehead atoms. The predicted octanol–water partition coefficient (Wildman–Crippen LogP) is 2.34. The third-order valence-corrected chi connectivity index (χ3v) is 4.61. The highest BCUT2D eigenvalue weighted by atomic mass is 35.5. The quantitative estimate of drug-likeness (QED) is 0.765. The maximum absolute atomic E-state index is 12.2. The zero-order chi connectivity index (χ0) is 17.2. The molecule has 2 rings (SSSR count). The fourth-order valence-corrected chi connectivity index (χ4v) is 2.85. The number of carboxylic acid groups (broad SMARTS) is 1. The van der Waals surface area contributed by atoms with Crippen LogP contribution in [0.4, 0.5) is 0 Å². The maximum Gasteiger partial charge on any atom is 0.337 e. The molecule has 0 aliphatic rings. The summed E-state index contributed by atoms with van der Waals surface area (Å²) in [5, 5.41) is 22.1. The van der Waals surface area contributed by atoms with E-state index in [2.05, 4.69) is 10.3 Å². The molecular formula is C15H15ClN2O4S. The van der Waals surface area contributed by atoms with Crippen molar-refractivity contribution >= 4 is 34.8 Å². The van der Waals surface area contributed by atoms with Gasteiger partial charge in [0.1, 0.15) is 9.88 Å². The van der Waals surface area contributed by atoms with Crippen molar-refractivity contribution in [3.63, 3.8) is 0 Å². The fraction of sp³-hybridized carbons (Fsp3) is 0.267. The van der Waals surface area contributed by atoms with Gasteiger partial charge in [-0.15, -0.1) is 11.3 Å². The van der Waals surface area contributed by atoms with Gasteiger partial charge in [-0.2, -0.15) is 0 Å². The second-order valence-corrected chi connectivity index (χ2v) is 6.64. The Kier molecular flexibility index (Phi) is 5.03. The van der Waals surface area contributed by atoms with Crippen molar-refractivity contribution in [2.45, 2.75) is 19.4 Å². The summed E-state index contributed by atoms with van der Waals surface area (Å²) >= 11 is 7.03. The monoisotopic (exact) mass is 354 g/mol. The van der Waals surface area contributed by atoms with Gasteiger partial charge in [0.25, 0.3) is 5.91 Å². The van der Waals surface area contributed by atoms with E-state index in [4.69, 9.17) is 16.7 Å². The number of carboxylic acids is 1. The number of rotatable bonds is 5. The highest BCUT2D eigenvalue weighted by molar-refractivity contribution is 7.17. The van der Waals surface area contributed by atoms with Crippen molar-refractivity contribution in [3.05, 3.63) is 39.9 Å². The molecule has 8 heteroatoms. The number of nitrogens with zero attached hydrogens (tertiary/aromatic N) is 1. The summed E-state index contributed by atoms with van der Waals surface area (Å²) in [6.07, 6.45) is 0. The minimum absolute atomic E-state index is 0.371. The topological polar surface area (TPSA) is 99.5 Å². The molecule has 6 nitrogen and oxygen atoms in total. The van der Waals surface area contributed by atoms with Crippen molar-refractivity contribution in [2.75, 3.05) is 6.54 Å². The lowest BCUT2D eigenvalue weighted by Gasteiger charge is -2.17. The first-order valence-electron chi connectivity index (χ1n) is 6.68. The number of carbonyl (C=O) groups is 2. The van der Waals surface area contributed by atoms with Crippen LogP contribution in [0.2, 0.25) is 5.02 Å². The number of benzene rings is 1. The molecule has 122 valence electrons. The minimum Gasteiger partial charge on any atom is -0.479 e. The third-order valence-electron chi connectivity index (χ3n) is 3.15. The molecular weight excluding hydrogens is 340 g/mol. The highest BCUT2D eigenvalue weighted by Gasteiger charge is 2.31. The molecule has 1 aromatic carbocycles. The fourth-order valence-electron chi connectivity index (χ4n) is 1.73. The van der Waals surface area contributed by atoms with Gasteiger partial charge >= 0.3 is 5.97 Å². The average molecular weight is 355 g/mol. The van der Waals surface area contributed by atoms with E-state index >= 15 is 0 Å². The summed E-state index contributed by atoms with van der Waals surface area (Å²) in [4.78, 5) is 27.7. The Morgan fingerprint density at radius 1 is 1.35 bits per heavy atom. The molecule has 3 N–H and O–H groups in total. The Labute approximate surface area is 141 Å². The molecule has 0 saturated carbocycles. The Bertz CT molecular complexity index is 740. The van der Waals surface area contributed by atoms with Crippen LogP contribution in [0, 0.1) is 6.92 Å². The van der Waals surface area contributed by atoms with Crippen LogP contribution >= 0.6 is 22.9 Å². The van der Waals surface area contributed by atoms with E-state index in [0.717, 1.165) is 12.5 Å². The van der Waals surface area contributed by atoms with E-state index in [0.29, 0.717) is 20.6 Å².